The Kier molecular flexibility index (Phi) is 4.69. The van der Waals surface area contributed by atoms with E-state index in [9.17, 15) is 9.59 Å². The molecule has 3 amide bonds. The lowest BCUT2D eigenvalue weighted by molar-refractivity contribution is -0.123. The number of amides is 3. The summed E-state index contributed by atoms with van der Waals surface area (Å²) < 4.78 is 0. The van der Waals surface area contributed by atoms with Crippen molar-refractivity contribution in [2.75, 3.05) is 13.1 Å². The van der Waals surface area contributed by atoms with Crippen molar-refractivity contribution in [1.82, 2.24) is 10.2 Å². The molecule has 2 aromatic rings. The van der Waals surface area contributed by atoms with Crippen molar-refractivity contribution in [2.24, 2.45) is 5.73 Å². The van der Waals surface area contributed by atoms with Crippen LogP contribution in [0, 0.1) is 0 Å². The van der Waals surface area contributed by atoms with Gasteiger partial charge in [-0.25, -0.2) is 4.79 Å². The molecule has 1 aliphatic rings. The fourth-order valence-electron chi connectivity index (χ4n) is 3.20. The molecule has 0 saturated carbocycles. The van der Waals surface area contributed by atoms with E-state index in [1.807, 2.05) is 25.1 Å². The van der Waals surface area contributed by atoms with Crippen LogP contribution in [0.2, 0.25) is 0 Å². The van der Waals surface area contributed by atoms with Crippen LogP contribution in [0.25, 0.3) is 10.8 Å². The van der Waals surface area contributed by atoms with E-state index in [1.54, 1.807) is 4.90 Å². The maximum Gasteiger partial charge on any atom is 0.314 e. The minimum Gasteiger partial charge on any atom is -0.353 e. The third-order valence-electron chi connectivity index (χ3n) is 4.82. The second-order valence-electron chi connectivity index (χ2n) is 6.44. The van der Waals surface area contributed by atoms with Crippen molar-refractivity contribution >= 4 is 22.7 Å². The Morgan fingerprint density at radius 2 is 1.79 bits per heavy atom. The van der Waals surface area contributed by atoms with Gasteiger partial charge in [0, 0.05) is 19.1 Å². The van der Waals surface area contributed by atoms with Crippen LogP contribution >= 0.6 is 0 Å². The van der Waals surface area contributed by atoms with Crippen LogP contribution in [0.5, 0.6) is 0 Å². The second-order valence-corrected chi connectivity index (χ2v) is 6.44. The number of nitrogens with zero attached hydrogens (tertiary/aromatic N) is 1. The molecule has 3 N–H and O–H groups in total. The summed E-state index contributed by atoms with van der Waals surface area (Å²) >= 11 is 0. The third kappa shape index (κ3) is 3.50. The summed E-state index contributed by atoms with van der Waals surface area (Å²) in [5.41, 5.74) is 6.30. The monoisotopic (exact) mass is 325 g/mol. The van der Waals surface area contributed by atoms with Gasteiger partial charge in [-0.05, 0) is 36.1 Å². The van der Waals surface area contributed by atoms with Gasteiger partial charge in [-0.15, -0.1) is 0 Å². The highest BCUT2D eigenvalue weighted by atomic mass is 16.2. The largest absolute Gasteiger partial charge is 0.353 e. The summed E-state index contributed by atoms with van der Waals surface area (Å²) in [6.45, 7) is 3.13. The molecule has 3 rings (SSSR count). The topological polar surface area (TPSA) is 75.4 Å². The van der Waals surface area contributed by atoms with Gasteiger partial charge in [0.2, 0.25) is 5.91 Å². The first-order valence-electron chi connectivity index (χ1n) is 8.38. The fourth-order valence-corrected chi connectivity index (χ4v) is 3.20. The van der Waals surface area contributed by atoms with Gasteiger partial charge in [0.1, 0.15) is 0 Å². The summed E-state index contributed by atoms with van der Waals surface area (Å²) in [5, 5.41) is 5.42. The zero-order valence-electron chi connectivity index (χ0n) is 13.9. The first kappa shape index (κ1) is 16.3. The average molecular weight is 325 g/mol. The Labute approximate surface area is 141 Å². The van der Waals surface area contributed by atoms with E-state index >= 15 is 0 Å². The summed E-state index contributed by atoms with van der Waals surface area (Å²) in [6.07, 6.45) is 1.50. The van der Waals surface area contributed by atoms with Crippen molar-refractivity contribution in [3.8, 4) is 0 Å². The Balaban J connectivity index is 1.63. The van der Waals surface area contributed by atoms with Gasteiger partial charge in [-0.1, -0.05) is 42.5 Å². The maximum absolute atomic E-state index is 12.5. The van der Waals surface area contributed by atoms with Gasteiger partial charge >= 0.3 is 6.03 Å². The quantitative estimate of drug-likeness (QED) is 0.910. The number of fused-ring (bicyclic) bond motifs is 1. The molecule has 0 bridgehead atoms. The maximum atomic E-state index is 12.5. The minimum absolute atomic E-state index is 0.0304. The van der Waals surface area contributed by atoms with E-state index in [0.717, 1.165) is 23.8 Å². The molecule has 0 radical (unpaired) electrons. The van der Waals surface area contributed by atoms with Gasteiger partial charge < -0.3 is 16.0 Å². The summed E-state index contributed by atoms with van der Waals surface area (Å²) in [7, 11) is 0. The van der Waals surface area contributed by atoms with Gasteiger partial charge in [0.05, 0.1) is 5.92 Å². The number of likely N-dealkylation sites (tertiary alicyclic amines) is 1. The lowest BCUT2D eigenvalue weighted by Gasteiger charge is -2.31. The Hall–Kier alpha value is -2.56. The van der Waals surface area contributed by atoms with Crippen LogP contribution < -0.4 is 11.1 Å². The van der Waals surface area contributed by atoms with Gasteiger partial charge in [-0.2, -0.15) is 0 Å². The molecule has 0 aliphatic carbocycles. The fraction of sp³-hybridized carbons (Fsp3) is 0.368. The Bertz CT molecular complexity index is 751. The van der Waals surface area contributed by atoms with Gasteiger partial charge in [-0.3, -0.25) is 4.79 Å². The molecule has 0 spiro atoms. The predicted octanol–water partition coefficient (Wildman–Crippen LogP) is 2.60. The molecular formula is C19H23N3O2. The lowest BCUT2D eigenvalue weighted by atomic mass is 9.96. The third-order valence-corrected chi connectivity index (χ3v) is 4.82. The molecule has 1 aliphatic heterocycles. The van der Waals surface area contributed by atoms with E-state index in [1.165, 1.54) is 5.39 Å². The summed E-state index contributed by atoms with van der Waals surface area (Å²) in [4.78, 5) is 25.3. The van der Waals surface area contributed by atoms with Crippen LogP contribution in [0.3, 0.4) is 0 Å². The average Bonchev–Trinajstić information content (AvgIpc) is 2.61. The minimum atomic E-state index is -0.385. The van der Waals surface area contributed by atoms with Crippen molar-refractivity contribution in [3.63, 3.8) is 0 Å². The second kappa shape index (κ2) is 6.91. The SMILES string of the molecule is C[C@H](C(=O)NC1CCN(C(N)=O)CC1)c1ccc2ccccc2c1. The lowest BCUT2D eigenvalue weighted by Crippen LogP contribution is -2.48. The van der Waals surface area contributed by atoms with Crippen LogP contribution in [-0.4, -0.2) is 36.0 Å². The molecule has 0 aromatic heterocycles. The molecule has 24 heavy (non-hydrogen) atoms. The summed E-state index contributed by atoms with van der Waals surface area (Å²) in [5.74, 6) is -0.174. The van der Waals surface area contributed by atoms with E-state index in [-0.39, 0.29) is 23.9 Å². The van der Waals surface area contributed by atoms with Crippen molar-refractivity contribution < 1.29 is 9.59 Å². The van der Waals surface area contributed by atoms with Crippen molar-refractivity contribution in [1.29, 1.82) is 0 Å². The van der Waals surface area contributed by atoms with Crippen LogP contribution in [0.15, 0.2) is 42.5 Å². The van der Waals surface area contributed by atoms with E-state index in [0.29, 0.717) is 13.1 Å². The molecule has 1 heterocycles. The zero-order valence-corrected chi connectivity index (χ0v) is 13.9. The molecule has 0 unspecified atom stereocenters. The molecule has 5 nitrogen and oxygen atoms in total. The van der Waals surface area contributed by atoms with Gasteiger partial charge in [0.15, 0.2) is 0 Å². The number of rotatable bonds is 3. The van der Waals surface area contributed by atoms with Crippen LogP contribution in [0.4, 0.5) is 4.79 Å². The number of carbonyl (C=O) groups excluding carboxylic acids is 2. The number of nitrogens with two attached hydrogens (primary N) is 1. The molecule has 126 valence electrons. The zero-order chi connectivity index (χ0) is 17.1. The smallest absolute Gasteiger partial charge is 0.314 e. The Morgan fingerprint density at radius 1 is 1.12 bits per heavy atom. The van der Waals surface area contributed by atoms with Crippen molar-refractivity contribution in [3.05, 3.63) is 48.0 Å². The molecule has 5 heteroatoms. The van der Waals surface area contributed by atoms with Crippen LogP contribution in [-0.2, 0) is 4.79 Å². The molecule has 1 fully saturated rings. The summed E-state index contributed by atoms with van der Waals surface area (Å²) in [6, 6.07) is 14.0. The number of carbonyl (C=O) groups is 2. The molecule has 1 saturated heterocycles. The van der Waals surface area contributed by atoms with E-state index < -0.39 is 0 Å². The van der Waals surface area contributed by atoms with E-state index in [2.05, 4.69) is 29.6 Å². The van der Waals surface area contributed by atoms with Gasteiger partial charge in [0.25, 0.3) is 0 Å². The van der Waals surface area contributed by atoms with Crippen LogP contribution in [0.1, 0.15) is 31.2 Å². The number of hydrogen-bond donors (Lipinski definition) is 2. The standard InChI is InChI=1S/C19H23N3O2/c1-13(15-7-6-14-4-2-3-5-16(14)12-15)18(23)21-17-8-10-22(11-9-17)19(20)24/h2-7,12-13,17H,8-11H2,1H3,(H2,20,24)(H,21,23)/t13-/m0/s1. The number of hydrogen-bond acceptors (Lipinski definition) is 2. The predicted molar refractivity (Wildman–Crippen MR) is 94.7 cm³/mol. The number of urea groups is 1. The number of nitrogens with one attached hydrogen (secondary N) is 1. The van der Waals surface area contributed by atoms with Crippen molar-refractivity contribution in [2.45, 2.75) is 31.7 Å². The molecule has 2 aromatic carbocycles. The normalized spacial score (nSPS) is 16.8. The number of piperidine rings is 1. The molecule has 1 atom stereocenters. The van der Waals surface area contributed by atoms with E-state index in [4.69, 9.17) is 5.73 Å². The first-order valence-corrected chi connectivity index (χ1v) is 8.38. The highest BCUT2D eigenvalue weighted by Gasteiger charge is 2.24. The Morgan fingerprint density at radius 3 is 2.46 bits per heavy atom. The number of primary amides is 1. The highest BCUT2D eigenvalue weighted by molar-refractivity contribution is 5.87. The first-order chi connectivity index (χ1) is 11.5. The number of benzene rings is 2. The highest BCUT2D eigenvalue weighted by Crippen LogP contribution is 2.22. The molecular weight excluding hydrogens is 302 g/mol.